The molecule has 2 rings (SSSR count). The summed E-state index contributed by atoms with van der Waals surface area (Å²) in [6.45, 7) is 9.44. The van der Waals surface area contributed by atoms with Gasteiger partial charge in [0.1, 0.15) is 0 Å². The standard InChI is InChI=1S/C15H23N3/c1-15(2,3)13-5-8-18(9-6-13)14-11-17-7-4-12(14)10-16/h4-5,7,11H,6,8-10,16H2,1-3H3. The molecule has 1 aromatic rings. The number of anilines is 1. The SMILES string of the molecule is CC(C)(C)C1=CCN(c2cnccc2CN)CC1. The Balaban J connectivity index is 2.17. The molecule has 0 aromatic carbocycles. The molecule has 2 heterocycles. The summed E-state index contributed by atoms with van der Waals surface area (Å²) >= 11 is 0. The average Bonchev–Trinajstić information content (AvgIpc) is 2.38. The summed E-state index contributed by atoms with van der Waals surface area (Å²) in [4.78, 5) is 6.58. The molecule has 0 amide bonds. The molecular weight excluding hydrogens is 222 g/mol. The predicted molar refractivity (Wildman–Crippen MR) is 76.5 cm³/mol. The first-order valence-corrected chi connectivity index (χ1v) is 6.60. The molecule has 0 aliphatic carbocycles. The van der Waals surface area contributed by atoms with Crippen LogP contribution in [0.3, 0.4) is 0 Å². The van der Waals surface area contributed by atoms with E-state index in [1.807, 2.05) is 18.5 Å². The molecule has 2 N–H and O–H groups in total. The van der Waals surface area contributed by atoms with Gasteiger partial charge in [-0.05, 0) is 23.5 Å². The maximum Gasteiger partial charge on any atom is 0.0601 e. The van der Waals surface area contributed by atoms with E-state index in [4.69, 9.17) is 5.73 Å². The zero-order chi connectivity index (χ0) is 13.2. The van der Waals surface area contributed by atoms with Crippen LogP contribution in [0.5, 0.6) is 0 Å². The van der Waals surface area contributed by atoms with Crippen molar-refractivity contribution in [2.24, 2.45) is 11.1 Å². The molecule has 0 unspecified atom stereocenters. The van der Waals surface area contributed by atoms with Crippen LogP contribution in [-0.4, -0.2) is 18.1 Å². The summed E-state index contributed by atoms with van der Waals surface area (Å²) in [5.41, 5.74) is 9.99. The zero-order valence-corrected chi connectivity index (χ0v) is 11.6. The second kappa shape index (κ2) is 5.11. The Morgan fingerprint density at radius 1 is 1.39 bits per heavy atom. The lowest BCUT2D eigenvalue weighted by molar-refractivity contribution is 0.472. The normalized spacial score (nSPS) is 16.7. The molecule has 18 heavy (non-hydrogen) atoms. The first-order valence-electron chi connectivity index (χ1n) is 6.60. The molecule has 1 aliphatic rings. The van der Waals surface area contributed by atoms with Crippen LogP contribution in [0.25, 0.3) is 0 Å². The molecule has 1 aromatic heterocycles. The lowest BCUT2D eigenvalue weighted by Crippen LogP contribution is -2.32. The Hall–Kier alpha value is -1.35. The van der Waals surface area contributed by atoms with E-state index in [0.717, 1.165) is 19.5 Å². The fourth-order valence-electron chi connectivity index (χ4n) is 2.44. The van der Waals surface area contributed by atoms with Gasteiger partial charge in [-0.2, -0.15) is 0 Å². The Morgan fingerprint density at radius 3 is 2.72 bits per heavy atom. The van der Waals surface area contributed by atoms with Crippen LogP contribution < -0.4 is 10.6 Å². The number of hydrogen-bond donors (Lipinski definition) is 1. The van der Waals surface area contributed by atoms with Gasteiger partial charge in [0.05, 0.1) is 11.9 Å². The summed E-state index contributed by atoms with van der Waals surface area (Å²) < 4.78 is 0. The second-order valence-electron chi connectivity index (χ2n) is 5.88. The van der Waals surface area contributed by atoms with Crippen molar-refractivity contribution >= 4 is 5.69 Å². The highest BCUT2D eigenvalue weighted by molar-refractivity contribution is 5.53. The minimum absolute atomic E-state index is 0.289. The molecule has 3 nitrogen and oxygen atoms in total. The van der Waals surface area contributed by atoms with E-state index >= 15 is 0 Å². The molecule has 0 spiro atoms. The topological polar surface area (TPSA) is 42.2 Å². The Labute approximate surface area is 110 Å². The molecular formula is C15H23N3. The van der Waals surface area contributed by atoms with E-state index in [-0.39, 0.29) is 5.41 Å². The number of rotatable bonds is 2. The van der Waals surface area contributed by atoms with E-state index in [2.05, 4.69) is 36.7 Å². The van der Waals surface area contributed by atoms with Gasteiger partial charge in [0, 0.05) is 25.8 Å². The highest BCUT2D eigenvalue weighted by atomic mass is 15.1. The average molecular weight is 245 g/mol. The molecule has 0 radical (unpaired) electrons. The molecule has 0 saturated carbocycles. The van der Waals surface area contributed by atoms with Gasteiger partial charge in [0.15, 0.2) is 0 Å². The third-order valence-corrected chi connectivity index (χ3v) is 3.62. The summed E-state index contributed by atoms with van der Waals surface area (Å²) in [5.74, 6) is 0. The maximum atomic E-state index is 5.78. The van der Waals surface area contributed by atoms with Gasteiger partial charge in [-0.1, -0.05) is 32.4 Å². The maximum absolute atomic E-state index is 5.78. The third-order valence-electron chi connectivity index (χ3n) is 3.62. The van der Waals surface area contributed by atoms with Crippen molar-refractivity contribution in [1.82, 2.24) is 4.98 Å². The van der Waals surface area contributed by atoms with Crippen molar-refractivity contribution in [3.8, 4) is 0 Å². The number of nitrogens with zero attached hydrogens (tertiary/aromatic N) is 2. The molecule has 0 atom stereocenters. The monoisotopic (exact) mass is 245 g/mol. The summed E-state index contributed by atoms with van der Waals surface area (Å²) in [7, 11) is 0. The molecule has 0 fully saturated rings. The fraction of sp³-hybridized carbons (Fsp3) is 0.533. The first kappa shape index (κ1) is 13.1. The number of nitrogens with two attached hydrogens (primary N) is 1. The van der Waals surface area contributed by atoms with Crippen LogP contribution in [-0.2, 0) is 6.54 Å². The highest BCUT2D eigenvalue weighted by Crippen LogP contribution is 2.32. The Bertz CT molecular complexity index is 443. The van der Waals surface area contributed by atoms with Crippen molar-refractivity contribution < 1.29 is 0 Å². The second-order valence-corrected chi connectivity index (χ2v) is 5.88. The summed E-state index contributed by atoms with van der Waals surface area (Å²) in [5, 5.41) is 0. The van der Waals surface area contributed by atoms with Crippen LogP contribution >= 0.6 is 0 Å². The van der Waals surface area contributed by atoms with Gasteiger partial charge in [0.2, 0.25) is 0 Å². The number of aromatic nitrogens is 1. The first-order chi connectivity index (χ1) is 8.52. The lowest BCUT2D eigenvalue weighted by atomic mass is 9.83. The van der Waals surface area contributed by atoms with Crippen molar-refractivity contribution in [2.75, 3.05) is 18.0 Å². The van der Waals surface area contributed by atoms with Gasteiger partial charge in [-0.3, -0.25) is 4.98 Å². The van der Waals surface area contributed by atoms with Gasteiger partial charge in [0.25, 0.3) is 0 Å². The minimum atomic E-state index is 0.289. The van der Waals surface area contributed by atoms with Crippen LogP contribution in [0, 0.1) is 5.41 Å². The Kier molecular flexibility index (Phi) is 3.71. The molecule has 0 saturated heterocycles. The highest BCUT2D eigenvalue weighted by Gasteiger charge is 2.22. The largest absolute Gasteiger partial charge is 0.366 e. The van der Waals surface area contributed by atoms with Crippen molar-refractivity contribution in [3.63, 3.8) is 0 Å². The zero-order valence-electron chi connectivity index (χ0n) is 11.6. The molecule has 0 bridgehead atoms. The molecule has 1 aliphatic heterocycles. The van der Waals surface area contributed by atoms with E-state index in [1.54, 1.807) is 5.57 Å². The van der Waals surface area contributed by atoms with E-state index in [9.17, 15) is 0 Å². The van der Waals surface area contributed by atoms with Crippen molar-refractivity contribution in [1.29, 1.82) is 0 Å². The molecule has 98 valence electrons. The van der Waals surface area contributed by atoms with Gasteiger partial charge in [-0.15, -0.1) is 0 Å². The van der Waals surface area contributed by atoms with Gasteiger partial charge >= 0.3 is 0 Å². The van der Waals surface area contributed by atoms with E-state index < -0.39 is 0 Å². The van der Waals surface area contributed by atoms with Crippen molar-refractivity contribution in [3.05, 3.63) is 35.7 Å². The predicted octanol–water partition coefficient (Wildman–Crippen LogP) is 2.72. The lowest BCUT2D eigenvalue weighted by Gasteiger charge is -2.34. The van der Waals surface area contributed by atoms with Crippen LogP contribution in [0.2, 0.25) is 0 Å². The van der Waals surface area contributed by atoms with E-state index in [0.29, 0.717) is 6.54 Å². The molecule has 3 heteroatoms. The Morgan fingerprint density at radius 2 is 2.17 bits per heavy atom. The summed E-state index contributed by atoms with van der Waals surface area (Å²) in [6, 6.07) is 2.01. The van der Waals surface area contributed by atoms with Gasteiger partial charge < -0.3 is 10.6 Å². The summed E-state index contributed by atoms with van der Waals surface area (Å²) in [6.07, 6.45) is 7.23. The van der Waals surface area contributed by atoms with Gasteiger partial charge in [-0.25, -0.2) is 0 Å². The van der Waals surface area contributed by atoms with Crippen LogP contribution in [0.4, 0.5) is 5.69 Å². The fourth-order valence-corrected chi connectivity index (χ4v) is 2.44. The minimum Gasteiger partial charge on any atom is -0.366 e. The van der Waals surface area contributed by atoms with Crippen LogP contribution in [0.15, 0.2) is 30.1 Å². The quantitative estimate of drug-likeness (QED) is 0.815. The smallest absolute Gasteiger partial charge is 0.0601 e. The van der Waals surface area contributed by atoms with E-state index in [1.165, 1.54) is 11.3 Å². The number of hydrogen-bond acceptors (Lipinski definition) is 3. The van der Waals surface area contributed by atoms with Crippen LogP contribution in [0.1, 0.15) is 32.8 Å². The third kappa shape index (κ3) is 2.72. The van der Waals surface area contributed by atoms with Crippen molar-refractivity contribution in [2.45, 2.75) is 33.7 Å². The number of pyridine rings is 1.